The molecule has 8 heteroatoms. The van der Waals surface area contributed by atoms with Crippen LogP contribution in [0.5, 0.6) is 0 Å². The fourth-order valence-electron chi connectivity index (χ4n) is 5.05. The van der Waals surface area contributed by atoms with Crippen LogP contribution in [0.15, 0.2) is 42.6 Å². The highest BCUT2D eigenvalue weighted by Gasteiger charge is 2.20. The zero-order valence-corrected chi connectivity index (χ0v) is 21.1. The van der Waals surface area contributed by atoms with E-state index in [1.54, 1.807) is 6.20 Å². The van der Waals surface area contributed by atoms with Gasteiger partial charge in [0.15, 0.2) is 11.3 Å². The molecule has 1 saturated heterocycles. The van der Waals surface area contributed by atoms with Crippen molar-refractivity contribution >= 4 is 34.2 Å². The predicted molar refractivity (Wildman–Crippen MR) is 139 cm³/mol. The van der Waals surface area contributed by atoms with Crippen molar-refractivity contribution in [3.63, 3.8) is 0 Å². The normalized spacial score (nSPS) is 15.2. The number of likely N-dealkylation sites (tertiary alicyclic amines) is 1. The van der Waals surface area contributed by atoms with Crippen molar-refractivity contribution in [2.75, 3.05) is 19.6 Å². The number of rotatable bonds is 7. The summed E-state index contributed by atoms with van der Waals surface area (Å²) in [5.74, 6) is 0.623. The summed E-state index contributed by atoms with van der Waals surface area (Å²) in [6.07, 6.45) is 5.03. The van der Waals surface area contributed by atoms with Gasteiger partial charge in [-0.15, -0.1) is 5.10 Å². The highest BCUT2D eigenvalue weighted by atomic mass is 35.5. The number of amides is 1. The molecule has 7 nitrogen and oxygen atoms in total. The van der Waals surface area contributed by atoms with Crippen molar-refractivity contribution in [3.05, 3.63) is 70.1 Å². The van der Waals surface area contributed by atoms with Crippen LogP contribution >= 0.6 is 11.6 Å². The average molecular weight is 491 g/mol. The number of nitrogens with zero attached hydrogens (tertiary/aromatic N) is 5. The van der Waals surface area contributed by atoms with Crippen molar-refractivity contribution in [2.45, 2.75) is 46.1 Å². The Hall–Kier alpha value is -3.03. The standard InChI is InChI=1S/C27H31ClN6O/c1-18-23(19(2)34-27(31-18)24-7-4-12-29-26(24)32-34)8-9-25(35)30-16-20-10-13-33(14-11-20)17-21-5-3-6-22(28)15-21/h3-7,12,15,20H,8-11,13-14,16-17H2,1-2H3,(H,30,35). The molecule has 0 atom stereocenters. The van der Waals surface area contributed by atoms with Crippen molar-refractivity contribution in [3.8, 4) is 0 Å². The lowest BCUT2D eigenvalue weighted by atomic mass is 9.96. The van der Waals surface area contributed by atoms with Gasteiger partial charge in [-0.2, -0.15) is 0 Å². The fraction of sp³-hybridized carbons (Fsp3) is 0.407. The fourth-order valence-corrected chi connectivity index (χ4v) is 5.27. The number of piperidine rings is 1. The maximum absolute atomic E-state index is 12.6. The first-order chi connectivity index (χ1) is 17.0. The summed E-state index contributed by atoms with van der Waals surface area (Å²) >= 11 is 6.11. The minimum Gasteiger partial charge on any atom is -0.356 e. The van der Waals surface area contributed by atoms with Gasteiger partial charge < -0.3 is 5.32 Å². The van der Waals surface area contributed by atoms with Crippen LogP contribution in [0.25, 0.3) is 16.7 Å². The van der Waals surface area contributed by atoms with Crippen LogP contribution in [0.2, 0.25) is 5.02 Å². The Morgan fingerprint density at radius 3 is 2.80 bits per heavy atom. The lowest BCUT2D eigenvalue weighted by molar-refractivity contribution is -0.121. The van der Waals surface area contributed by atoms with E-state index in [9.17, 15) is 4.79 Å². The molecular weight excluding hydrogens is 460 g/mol. The second-order valence-corrected chi connectivity index (χ2v) is 9.96. The number of carbonyl (C=O) groups excluding carboxylic acids is 1. The third kappa shape index (κ3) is 5.31. The number of hydrogen-bond acceptors (Lipinski definition) is 5. The van der Waals surface area contributed by atoms with Crippen LogP contribution in [0.3, 0.4) is 0 Å². The van der Waals surface area contributed by atoms with E-state index in [2.05, 4.69) is 26.4 Å². The number of halogens is 1. The highest BCUT2D eigenvalue weighted by Crippen LogP contribution is 2.22. The van der Waals surface area contributed by atoms with Gasteiger partial charge in [-0.25, -0.2) is 14.5 Å². The summed E-state index contributed by atoms with van der Waals surface area (Å²) in [4.78, 5) is 24.2. The Balaban J connectivity index is 1.12. The molecule has 0 aliphatic carbocycles. The molecule has 1 fully saturated rings. The Morgan fingerprint density at radius 1 is 1.17 bits per heavy atom. The molecule has 3 aromatic heterocycles. The molecule has 5 rings (SSSR count). The monoisotopic (exact) mass is 490 g/mol. The van der Waals surface area contributed by atoms with Gasteiger partial charge in [0.25, 0.3) is 0 Å². The lowest BCUT2D eigenvalue weighted by Gasteiger charge is -2.32. The van der Waals surface area contributed by atoms with Crippen molar-refractivity contribution in [2.24, 2.45) is 5.92 Å². The number of aromatic nitrogens is 4. The van der Waals surface area contributed by atoms with E-state index in [-0.39, 0.29) is 5.91 Å². The largest absolute Gasteiger partial charge is 0.356 e. The van der Waals surface area contributed by atoms with Gasteiger partial charge >= 0.3 is 0 Å². The minimum absolute atomic E-state index is 0.0950. The maximum atomic E-state index is 12.6. The molecule has 4 aromatic rings. The molecule has 1 aliphatic heterocycles. The first kappa shape index (κ1) is 23.7. The molecule has 1 aromatic carbocycles. The number of fused-ring (bicyclic) bond motifs is 3. The first-order valence-corrected chi connectivity index (χ1v) is 12.7. The Labute approximate surface area is 210 Å². The molecule has 182 valence electrons. The Kier molecular flexibility index (Phi) is 6.97. The molecule has 0 bridgehead atoms. The number of nitrogens with one attached hydrogen (secondary N) is 1. The predicted octanol–water partition coefficient (Wildman–Crippen LogP) is 4.51. The van der Waals surface area contributed by atoms with Gasteiger partial charge in [-0.3, -0.25) is 9.69 Å². The number of aryl methyl sites for hydroxylation is 2. The van der Waals surface area contributed by atoms with Crippen LogP contribution < -0.4 is 5.32 Å². The minimum atomic E-state index is 0.0950. The summed E-state index contributed by atoms with van der Waals surface area (Å²) < 4.78 is 1.86. The van der Waals surface area contributed by atoms with E-state index in [1.807, 2.05) is 48.7 Å². The van der Waals surface area contributed by atoms with E-state index in [0.29, 0.717) is 24.4 Å². The van der Waals surface area contributed by atoms with E-state index in [0.717, 1.165) is 72.0 Å². The van der Waals surface area contributed by atoms with Crippen molar-refractivity contribution < 1.29 is 4.79 Å². The number of hydrogen-bond donors (Lipinski definition) is 1. The maximum Gasteiger partial charge on any atom is 0.220 e. The summed E-state index contributed by atoms with van der Waals surface area (Å²) in [5, 5.41) is 9.51. The SMILES string of the molecule is Cc1nc2c3cccnc3nn2c(C)c1CCC(=O)NCC1CCN(Cc2cccc(Cl)c2)CC1. The van der Waals surface area contributed by atoms with Crippen molar-refractivity contribution in [1.82, 2.24) is 29.8 Å². The van der Waals surface area contributed by atoms with Gasteiger partial charge in [0, 0.05) is 42.1 Å². The average Bonchev–Trinajstić information content (AvgIpc) is 3.22. The van der Waals surface area contributed by atoms with Crippen molar-refractivity contribution in [1.29, 1.82) is 0 Å². The molecule has 0 saturated carbocycles. The molecule has 0 unspecified atom stereocenters. The van der Waals surface area contributed by atoms with E-state index >= 15 is 0 Å². The third-order valence-corrected chi connectivity index (χ3v) is 7.32. The molecule has 1 amide bonds. The zero-order chi connectivity index (χ0) is 24.4. The van der Waals surface area contributed by atoms with Crippen LogP contribution in [-0.2, 0) is 17.8 Å². The second-order valence-electron chi connectivity index (χ2n) is 9.52. The van der Waals surface area contributed by atoms with Gasteiger partial charge in [0.2, 0.25) is 5.91 Å². The molecule has 35 heavy (non-hydrogen) atoms. The van der Waals surface area contributed by atoms with E-state index in [4.69, 9.17) is 16.6 Å². The van der Waals surface area contributed by atoms with E-state index < -0.39 is 0 Å². The van der Waals surface area contributed by atoms with Crippen LogP contribution in [0, 0.1) is 19.8 Å². The number of pyridine rings is 1. The molecule has 0 radical (unpaired) electrons. The van der Waals surface area contributed by atoms with Gasteiger partial charge in [-0.05, 0) is 87.5 Å². The second kappa shape index (κ2) is 10.3. The van der Waals surface area contributed by atoms with E-state index in [1.165, 1.54) is 5.56 Å². The molecule has 1 N–H and O–H groups in total. The zero-order valence-electron chi connectivity index (χ0n) is 20.3. The lowest BCUT2D eigenvalue weighted by Crippen LogP contribution is -2.38. The van der Waals surface area contributed by atoms with Gasteiger partial charge in [-0.1, -0.05) is 23.7 Å². The first-order valence-electron chi connectivity index (χ1n) is 12.3. The van der Waals surface area contributed by atoms with Crippen LogP contribution in [-0.4, -0.2) is 50.0 Å². The topological polar surface area (TPSA) is 75.4 Å². The summed E-state index contributed by atoms with van der Waals surface area (Å²) in [6, 6.07) is 12.0. The summed E-state index contributed by atoms with van der Waals surface area (Å²) in [6.45, 7) is 7.81. The Morgan fingerprint density at radius 2 is 2.00 bits per heavy atom. The summed E-state index contributed by atoms with van der Waals surface area (Å²) in [7, 11) is 0. The van der Waals surface area contributed by atoms with Gasteiger partial charge in [0.05, 0.1) is 5.39 Å². The van der Waals surface area contributed by atoms with Crippen LogP contribution in [0.4, 0.5) is 0 Å². The van der Waals surface area contributed by atoms with Gasteiger partial charge in [0.1, 0.15) is 0 Å². The molecule has 0 spiro atoms. The quantitative estimate of drug-likeness (QED) is 0.412. The molecule has 1 aliphatic rings. The highest BCUT2D eigenvalue weighted by molar-refractivity contribution is 6.30. The number of benzene rings is 1. The number of carbonyl (C=O) groups is 1. The molecule has 4 heterocycles. The Bertz CT molecular complexity index is 1360. The third-order valence-electron chi connectivity index (χ3n) is 7.08. The summed E-state index contributed by atoms with van der Waals surface area (Å²) in [5.41, 5.74) is 5.80. The smallest absolute Gasteiger partial charge is 0.220 e. The van der Waals surface area contributed by atoms with Crippen LogP contribution in [0.1, 0.15) is 41.8 Å². The molecular formula is C27H31ClN6O.